The first-order chi connectivity index (χ1) is 12.5. The molecule has 1 aliphatic heterocycles. The molecule has 0 aliphatic carbocycles. The van der Waals surface area contributed by atoms with E-state index in [4.69, 9.17) is 0 Å². The quantitative estimate of drug-likeness (QED) is 0.849. The van der Waals surface area contributed by atoms with Gasteiger partial charge in [0.25, 0.3) is 5.91 Å². The Balaban J connectivity index is 1.64. The van der Waals surface area contributed by atoms with E-state index < -0.39 is 10.8 Å². The fraction of sp³-hybridized carbons (Fsp3) is 0.300. The molecule has 0 bridgehead atoms. The van der Waals surface area contributed by atoms with Gasteiger partial charge in [-0.25, -0.2) is 0 Å². The summed E-state index contributed by atoms with van der Waals surface area (Å²) in [5, 5.41) is 2.92. The van der Waals surface area contributed by atoms with Crippen molar-refractivity contribution in [2.75, 3.05) is 12.8 Å². The number of rotatable bonds is 6. The molecule has 2 aromatic rings. The number of benzene rings is 2. The monoisotopic (exact) mass is 370 g/mol. The zero-order valence-electron chi connectivity index (χ0n) is 14.7. The highest BCUT2D eigenvalue weighted by Crippen LogP contribution is 2.17. The molecule has 136 valence electrons. The van der Waals surface area contributed by atoms with Gasteiger partial charge in [-0.15, -0.1) is 0 Å². The maximum atomic E-state index is 12.4. The maximum Gasteiger partial charge on any atom is 0.251 e. The van der Waals surface area contributed by atoms with Gasteiger partial charge in [-0.3, -0.25) is 13.8 Å². The molecular weight excluding hydrogens is 348 g/mol. The summed E-state index contributed by atoms with van der Waals surface area (Å²) in [4.78, 5) is 26.8. The SMILES string of the molecule is C[S@](=O)c1ccc(C(=O)NCc2ccccc2CN2CCCC2=O)cc1. The van der Waals surface area contributed by atoms with Crippen LogP contribution in [0.15, 0.2) is 53.4 Å². The van der Waals surface area contributed by atoms with Crippen LogP contribution in [0, 0.1) is 0 Å². The van der Waals surface area contributed by atoms with Gasteiger partial charge < -0.3 is 10.2 Å². The second kappa shape index (κ2) is 8.27. The molecule has 6 heteroatoms. The summed E-state index contributed by atoms with van der Waals surface area (Å²) in [6.45, 7) is 1.78. The summed E-state index contributed by atoms with van der Waals surface area (Å²) in [5.41, 5.74) is 2.60. The minimum atomic E-state index is -1.06. The Morgan fingerprint density at radius 3 is 2.42 bits per heavy atom. The topological polar surface area (TPSA) is 66.5 Å². The van der Waals surface area contributed by atoms with Crippen molar-refractivity contribution in [2.45, 2.75) is 30.8 Å². The van der Waals surface area contributed by atoms with Gasteiger partial charge in [-0.1, -0.05) is 24.3 Å². The predicted octanol–water partition coefficient (Wildman–Crippen LogP) is 2.48. The number of nitrogens with zero attached hydrogens (tertiary/aromatic N) is 1. The highest BCUT2D eigenvalue weighted by atomic mass is 32.2. The lowest BCUT2D eigenvalue weighted by atomic mass is 10.1. The highest BCUT2D eigenvalue weighted by Gasteiger charge is 2.21. The summed E-state index contributed by atoms with van der Waals surface area (Å²) >= 11 is 0. The van der Waals surface area contributed by atoms with Gasteiger partial charge in [-0.2, -0.15) is 0 Å². The molecule has 1 heterocycles. The first kappa shape index (κ1) is 18.3. The molecule has 0 saturated carbocycles. The molecular formula is C20H22N2O3S. The average molecular weight is 370 g/mol. The number of likely N-dealkylation sites (tertiary alicyclic amines) is 1. The number of hydrogen-bond acceptors (Lipinski definition) is 3. The van der Waals surface area contributed by atoms with E-state index in [1.807, 2.05) is 29.2 Å². The van der Waals surface area contributed by atoms with Gasteiger partial charge in [0.15, 0.2) is 0 Å². The van der Waals surface area contributed by atoms with Crippen LogP contribution in [0.2, 0.25) is 0 Å². The Labute approximate surface area is 155 Å². The molecule has 1 saturated heterocycles. The summed E-state index contributed by atoms with van der Waals surface area (Å²) in [6, 6.07) is 14.6. The molecule has 26 heavy (non-hydrogen) atoms. The molecule has 0 spiro atoms. The van der Waals surface area contributed by atoms with E-state index in [1.165, 1.54) is 0 Å². The van der Waals surface area contributed by atoms with E-state index in [0.717, 1.165) is 24.1 Å². The van der Waals surface area contributed by atoms with Crippen LogP contribution in [0.25, 0.3) is 0 Å². The molecule has 3 rings (SSSR count). The van der Waals surface area contributed by atoms with Gasteiger partial charge in [0.1, 0.15) is 0 Å². The van der Waals surface area contributed by atoms with Gasteiger partial charge >= 0.3 is 0 Å². The highest BCUT2D eigenvalue weighted by molar-refractivity contribution is 7.84. The molecule has 1 N–H and O–H groups in total. The third-order valence-electron chi connectivity index (χ3n) is 4.54. The zero-order chi connectivity index (χ0) is 18.5. The molecule has 0 radical (unpaired) electrons. The van der Waals surface area contributed by atoms with Crippen LogP contribution in [-0.4, -0.2) is 33.7 Å². The average Bonchev–Trinajstić information content (AvgIpc) is 3.05. The van der Waals surface area contributed by atoms with Gasteiger partial charge in [0.2, 0.25) is 5.91 Å². The number of nitrogens with one attached hydrogen (secondary N) is 1. The van der Waals surface area contributed by atoms with E-state index in [2.05, 4.69) is 5.32 Å². The Morgan fingerprint density at radius 1 is 1.12 bits per heavy atom. The van der Waals surface area contributed by atoms with E-state index in [-0.39, 0.29) is 11.8 Å². The number of carbonyl (C=O) groups excluding carboxylic acids is 2. The molecule has 0 aromatic heterocycles. The van der Waals surface area contributed by atoms with Crippen molar-refractivity contribution in [3.8, 4) is 0 Å². The van der Waals surface area contributed by atoms with Crippen molar-refractivity contribution in [3.63, 3.8) is 0 Å². The zero-order valence-corrected chi connectivity index (χ0v) is 15.6. The van der Waals surface area contributed by atoms with Crippen LogP contribution < -0.4 is 5.32 Å². The Bertz CT molecular complexity index is 833. The lowest BCUT2D eigenvalue weighted by Gasteiger charge is -2.18. The molecule has 2 aromatic carbocycles. The predicted molar refractivity (Wildman–Crippen MR) is 101 cm³/mol. The van der Waals surface area contributed by atoms with E-state index >= 15 is 0 Å². The fourth-order valence-corrected chi connectivity index (χ4v) is 3.56. The number of hydrogen-bond donors (Lipinski definition) is 1. The summed E-state index contributed by atoms with van der Waals surface area (Å²) in [7, 11) is -1.06. The van der Waals surface area contributed by atoms with Crippen molar-refractivity contribution in [1.29, 1.82) is 0 Å². The van der Waals surface area contributed by atoms with Crippen molar-refractivity contribution >= 4 is 22.6 Å². The first-order valence-electron chi connectivity index (χ1n) is 8.61. The molecule has 1 aliphatic rings. The van der Waals surface area contributed by atoms with Crippen LogP contribution in [-0.2, 0) is 28.7 Å². The van der Waals surface area contributed by atoms with Crippen LogP contribution >= 0.6 is 0 Å². The van der Waals surface area contributed by atoms with Crippen molar-refractivity contribution < 1.29 is 13.8 Å². The first-order valence-corrected chi connectivity index (χ1v) is 10.2. The van der Waals surface area contributed by atoms with E-state index in [1.54, 1.807) is 30.5 Å². The minimum Gasteiger partial charge on any atom is -0.348 e. The van der Waals surface area contributed by atoms with Crippen molar-refractivity contribution in [2.24, 2.45) is 0 Å². The Morgan fingerprint density at radius 2 is 1.81 bits per heavy atom. The van der Waals surface area contributed by atoms with Crippen molar-refractivity contribution in [1.82, 2.24) is 10.2 Å². The summed E-state index contributed by atoms with van der Waals surface area (Å²) in [6.07, 6.45) is 3.14. The summed E-state index contributed by atoms with van der Waals surface area (Å²) in [5.74, 6) is 0.0164. The van der Waals surface area contributed by atoms with Crippen LogP contribution in [0.5, 0.6) is 0 Å². The summed E-state index contributed by atoms with van der Waals surface area (Å²) < 4.78 is 11.4. The largest absolute Gasteiger partial charge is 0.348 e. The Hall–Kier alpha value is -2.47. The molecule has 0 unspecified atom stereocenters. The van der Waals surface area contributed by atoms with Gasteiger partial charge in [0, 0.05) is 53.6 Å². The van der Waals surface area contributed by atoms with Crippen LogP contribution in [0.4, 0.5) is 0 Å². The second-order valence-electron chi connectivity index (χ2n) is 6.35. The third kappa shape index (κ3) is 4.38. The number of amides is 2. The lowest BCUT2D eigenvalue weighted by Crippen LogP contribution is -2.26. The van der Waals surface area contributed by atoms with Crippen LogP contribution in [0.3, 0.4) is 0 Å². The normalized spacial score (nSPS) is 15.1. The van der Waals surface area contributed by atoms with E-state index in [0.29, 0.717) is 30.0 Å². The maximum absolute atomic E-state index is 12.4. The number of carbonyl (C=O) groups is 2. The molecule has 5 nitrogen and oxygen atoms in total. The fourth-order valence-electron chi connectivity index (χ4n) is 3.04. The Kier molecular flexibility index (Phi) is 5.83. The molecule has 1 atom stereocenters. The molecule has 1 fully saturated rings. The van der Waals surface area contributed by atoms with Crippen LogP contribution in [0.1, 0.15) is 34.3 Å². The standard InChI is InChI=1S/C20H22N2O3S/c1-26(25)18-10-8-15(9-11-18)20(24)21-13-16-5-2-3-6-17(16)14-22-12-4-7-19(22)23/h2-3,5-6,8-11H,4,7,12-14H2,1H3,(H,21,24)/t26-/m0/s1. The minimum absolute atomic E-state index is 0.175. The van der Waals surface area contributed by atoms with E-state index in [9.17, 15) is 13.8 Å². The van der Waals surface area contributed by atoms with Gasteiger partial charge in [0.05, 0.1) is 0 Å². The van der Waals surface area contributed by atoms with Crippen molar-refractivity contribution in [3.05, 3.63) is 65.2 Å². The van der Waals surface area contributed by atoms with Gasteiger partial charge in [-0.05, 0) is 41.8 Å². The second-order valence-corrected chi connectivity index (χ2v) is 7.73. The third-order valence-corrected chi connectivity index (χ3v) is 5.47. The molecule has 2 amide bonds. The smallest absolute Gasteiger partial charge is 0.251 e. The lowest BCUT2D eigenvalue weighted by molar-refractivity contribution is -0.128.